The zero-order chi connectivity index (χ0) is 17.2. The van der Waals surface area contributed by atoms with E-state index in [2.05, 4.69) is 21.7 Å². The molecule has 1 aliphatic carbocycles. The zero-order valence-electron chi connectivity index (χ0n) is 13.1. The quantitative estimate of drug-likeness (QED) is 0.670. The van der Waals surface area contributed by atoms with Gasteiger partial charge in [-0.2, -0.15) is 18.7 Å². The van der Waals surface area contributed by atoms with Crippen molar-refractivity contribution in [1.29, 1.82) is 0 Å². The summed E-state index contributed by atoms with van der Waals surface area (Å²) in [5, 5.41) is 2.90. The number of carbonyl (C=O) groups excluding carboxylic acids is 1. The molecule has 5 nitrogen and oxygen atoms in total. The lowest BCUT2D eigenvalue weighted by Gasteiger charge is -2.29. The van der Waals surface area contributed by atoms with E-state index >= 15 is 0 Å². The minimum absolute atomic E-state index is 0.0203. The van der Waals surface area contributed by atoms with Gasteiger partial charge in [0.15, 0.2) is 0 Å². The van der Waals surface area contributed by atoms with E-state index < -0.39 is 11.7 Å². The molecule has 1 aromatic carbocycles. The minimum Gasteiger partial charge on any atom is -0.356 e. The van der Waals surface area contributed by atoms with Crippen LogP contribution in [0.4, 0.5) is 13.2 Å². The lowest BCUT2D eigenvalue weighted by Crippen LogP contribution is -2.44. The molecular weight excluding hydrogens is 321 g/mol. The predicted octanol–water partition coefficient (Wildman–Crippen LogP) is 1.51. The Kier molecular flexibility index (Phi) is 5.07. The first kappa shape index (κ1) is 17.2. The van der Waals surface area contributed by atoms with Gasteiger partial charge in [0.05, 0.1) is 5.56 Å². The lowest BCUT2D eigenvalue weighted by atomic mass is 9.82. The van der Waals surface area contributed by atoms with E-state index in [1.54, 1.807) is 0 Å². The Morgan fingerprint density at radius 3 is 2.54 bits per heavy atom. The van der Waals surface area contributed by atoms with Crippen molar-refractivity contribution in [1.82, 2.24) is 21.7 Å². The summed E-state index contributed by atoms with van der Waals surface area (Å²) in [6.07, 6.45) is -1.25. The molecule has 1 saturated heterocycles. The highest BCUT2D eigenvalue weighted by Gasteiger charge is 2.36. The van der Waals surface area contributed by atoms with Crippen LogP contribution in [0.3, 0.4) is 0 Å². The van der Waals surface area contributed by atoms with E-state index in [1.807, 2.05) is 0 Å². The summed E-state index contributed by atoms with van der Waals surface area (Å²) in [6.45, 7) is 0.429. The van der Waals surface area contributed by atoms with Gasteiger partial charge in [-0.05, 0) is 43.4 Å². The second-order valence-electron chi connectivity index (χ2n) is 6.37. The molecule has 3 atom stereocenters. The summed E-state index contributed by atoms with van der Waals surface area (Å²) in [4.78, 5) is 12.2. The zero-order valence-corrected chi connectivity index (χ0v) is 13.1. The summed E-state index contributed by atoms with van der Waals surface area (Å²) in [7, 11) is 0. The Labute approximate surface area is 138 Å². The average Bonchev–Trinajstić information content (AvgIpc) is 3.02. The fraction of sp³-hybridized carbons (Fsp3) is 0.562. The molecule has 2 aliphatic rings. The normalized spacial score (nSPS) is 26.9. The Balaban J connectivity index is 1.43. The van der Waals surface area contributed by atoms with Crippen LogP contribution < -0.4 is 21.7 Å². The van der Waals surface area contributed by atoms with Gasteiger partial charge in [-0.15, -0.1) is 0 Å². The number of alkyl halides is 3. The van der Waals surface area contributed by atoms with E-state index in [1.165, 1.54) is 12.1 Å². The van der Waals surface area contributed by atoms with Crippen molar-refractivity contribution < 1.29 is 18.0 Å². The third kappa shape index (κ3) is 4.06. The Morgan fingerprint density at radius 2 is 1.83 bits per heavy atom. The summed E-state index contributed by atoms with van der Waals surface area (Å²) in [6, 6.07) is 5.68. The van der Waals surface area contributed by atoms with Gasteiger partial charge < -0.3 is 5.32 Å². The molecule has 132 valence electrons. The second-order valence-corrected chi connectivity index (χ2v) is 6.37. The minimum atomic E-state index is -4.32. The summed E-state index contributed by atoms with van der Waals surface area (Å²) < 4.78 is 37.5. The van der Waals surface area contributed by atoms with Crippen molar-refractivity contribution in [3.05, 3.63) is 35.4 Å². The summed E-state index contributed by atoms with van der Waals surface area (Å²) in [5.74, 6) is 0.00196. The number of nitrogens with one attached hydrogen (secondary N) is 4. The fourth-order valence-electron chi connectivity index (χ4n) is 3.30. The monoisotopic (exact) mass is 342 g/mol. The molecular formula is C16H21F3N4O. The van der Waals surface area contributed by atoms with E-state index in [-0.39, 0.29) is 17.9 Å². The molecule has 1 aliphatic heterocycles. The predicted molar refractivity (Wildman–Crippen MR) is 82.5 cm³/mol. The molecule has 3 unspecified atom stereocenters. The number of hydrogen-bond acceptors (Lipinski definition) is 4. The average molecular weight is 342 g/mol. The third-order valence-corrected chi connectivity index (χ3v) is 4.73. The molecule has 1 amide bonds. The van der Waals surface area contributed by atoms with Crippen LogP contribution in [0.5, 0.6) is 0 Å². The van der Waals surface area contributed by atoms with E-state index in [0.29, 0.717) is 19.0 Å². The standard InChI is InChI=1S/C16H21F3N4O/c17-16(18,19)12-4-1-10(2-5-12)7-8-20-15(24)11-3-6-13-14(9-11)22-23-21-13/h1-2,4-5,11,13-14,21-23H,3,6-9H2,(H,20,24). The van der Waals surface area contributed by atoms with Crippen LogP contribution in [0, 0.1) is 5.92 Å². The first-order valence-electron chi connectivity index (χ1n) is 8.13. The number of rotatable bonds is 4. The molecule has 0 aromatic heterocycles. The van der Waals surface area contributed by atoms with Gasteiger partial charge in [0, 0.05) is 24.5 Å². The first-order valence-corrected chi connectivity index (χ1v) is 8.13. The van der Waals surface area contributed by atoms with Gasteiger partial charge >= 0.3 is 6.18 Å². The number of carbonyl (C=O) groups is 1. The molecule has 1 heterocycles. The highest BCUT2D eigenvalue weighted by Crippen LogP contribution is 2.29. The van der Waals surface area contributed by atoms with Gasteiger partial charge in [-0.25, -0.2) is 10.9 Å². The molecule has 0 radical (unpaired) electrons. The number of fused-ring (bicyclic) bond motifs is 1. The fourth-order valence-corrected chi connectivity index (χ4v) is 3.30. The molecule has 4 N–H and O–H groups in total. The van der Waals surface area contributed by atoms with Gasteiger partial charge in [-0.1, -0.05) is 12.1 Å². The van der Waals surface area contributed by atoms with Crippen LogP contribution in [0.15, 0.2) is 24.3 Å². The number of benzene rings is 1. The largest absolute Gasteiger partial charge is 0.416 e. The van der Waals surface area contributed by atoms with Crippen LogP contribution >= 0.6 is 0 Å². The SMILES string of the molecule is O=C(NCCc1ccc(C(F)(F)F)cc1)C1CCC2NNNC2C1. The summed E-state index contributed by atoms with van der Waals surface area (Å²) >= 11 is 0. The number of hydrogen-bond donors (Lipinski definition) is 4. The number of amides is 1. The van der Waals surface area contributed by atoms with Crippen LogP contribution in [0.1, 0.15) is 30.4 Å². The van der Waals surface area contributed by atoms with Gasteiger partial charge in [0.25, 0.3) is 0 Å². The second kappa shape index (κ2) is 7.08. The molecule has 1 aromatic rings. The Bertz CT molecular complexity index is 576. The third-order valence-electron chi connectivity index (χ3n) is 4.73. The smallest absolute Gasteiger partial charge is 0.356 e. The maximum Gasteiger partial charge on any atom is 0.416 e. The lowest BCUT2D eigenvalue weighted by molar-refractivity contribution is -0.137. The van der Waals surface area contributed by atoms with Crippen molar-refractivity contribution >= 4 is 5.91 Å². The number of halogens is 3. The Morgan fingerprint density at radius 1 is 1.12 bits per heavy atom. The Hall–Kier alpha value is -1.64. The van der Waals surface area contributed by atoms with E-state index in [9.17, 15) is 18.0 Å². The molecule has 24 heavy (non-hydrogen) atoms. The van der Waals surface area contributed by atoms with Crippen molar-refractivity contribution in [3.63, 3.8) is 0 Å². The molecule has 3 rings (SSSR count). The van der Waals surface area contributed by atoms with Crippen LogP contribution in [-0.2, 0) is 17.4 Å². The van der Waals surface area contributed by atoms with Crippen LogP contribution in [0.2, 0.25) is 0 Å². The van der Waals surface area contributed by atoms with Crippen LogP contribution in [0.25, 0.3) is 0 Å². The topological polar surface area (TPSA) is 65.2 Å². The molecule has 8 heteroatoms. The molecule has 2 fully saturated rings. The van der Waals surface area contributed by atoms with Crippen molar-refractivity contribution in [2.45, 2.75) is 43.9 Å². The van der Waals surface area contributed by atoms with E-state index in [4.69, 9.17) is 0 Å². The van der Waals surface area contributed by atoms with Gasteiger partial charge in [-0.3, -0.25) is 4.79 Å². The van der Waals surface area contributed by atoms with Gasteiger partial charge in [0.2, 0.25) is 5.91 Å². The van der Waals surface area contributed by atoms with Gasteiger partial charge in [0.1, 0.15) is 0 Å². The summed E-state index contributed by atoms with van der Waals surface area (Å²) in [5.41, 5.74) is 9.25. The molecule has 0 bridgehead atoms. The van der Waals surface area contributed by atoms with E-state index in [0.717, 1.165) is 37.0 Å². The van der Waals surface area contributed by atoms with Crippen molar-refractivity contribution in [3.8, 4) is 0 Å². The highest BCUT2D eigenvalue weighted by atomic mass is 19.4. The van der Waals surface area contributed by atoms with Crippen LogP contribution in [-0.4, -0.2) is 24.5 Å². The number of hydrazine groups is 2. The molecule has 1 saturated carbocycles. The van der Waals surface area contributed by atoms with Crippen molar-refractivity contribution in [2.24, 2.45) is 5.92 Å². The maximum absolute atomic E-state index is 12.5. The highest BCUT2D eigenvalue weighted by molar-refractivity contribution is 5.78. The molecule has 0 spiro atoms. The van der Waals surface area contributed by atoms with Crippen molar-refractivity contribution in [2.75, 3.05) is 6.54 Å². The first-order chi connectivity index (χ1) is 11.4. The maximum atomic E-state index is 12.5.